The van der Waals surface area contributed by atoms with Crippen molar-refractivity contribution in [1.82, 2.24) is 15.5 Å². The highest BCUT2D eigenvalue weighted by Gasteiger charge is 2.17. The van der Waals surface area contributed by atoms with E-state index in [2.05, 4.69) is 10.6 Å². The normalized spacial score (nSPS) is 15.0. The molecule has 1 saturated heterocycles. The third kappa shape index (κ3) is 3.71. The molecule has 0 bridgehead atoms. The van der Waals surface area contributed by atoms with Crippen molar-refractivity contribution in [2.75, 3.05) is 32.7 Å². The molecule has 108 valence electrons. The van der Waals surface area contributed by atoms with Gasteiger partial charge in [-0.3, -0.25) is 9.59 Å². The van der Waals surface area contributed by atoms with E-state index >= 15 is 0 Å². The highest BCUT2D eigenvalue weighted by atomic mass is 35.5. The zero-order valence-corrected chi connectivity index (χ0v) is 12.2. The van der Waals surface area contributed by atoms with Gasteiger partial charge in [-0.05, 0) is 24.6 Å². The summed E-state index contributed by atoms with van der Waals surface area (Å²) >= 11 is 6.02. The number of nitrogens with one attached hydrogen (secondary N) is 2. The minimum atomic E-state index is -0.321. The summed E-state index contributed by atoms with van der Waals surface area (Å²) in [5.74, 6) is -0.387. The first-order chi connectivity index (χ1) is 9.58. The molecule has 0 radical (unpaired) electrons. The minimum absolute atomic E-state index is 0.00301. The standard InChI is InChI=1S/C14H18ClN3O2/c1-10-2-3-11(12(15)8-10)14(20)17-9-13(19)18-6-4-16-5-7-18/h2-3,8,16H,4-7,9H2,1H3,(H,17,20). The number of hydrogen-bond donors (Lipinski definition) is 2. The molecule has 20 heavy (non-hydrogen) atoms. The van der Waals surface area contributed by atoms with Gasteiger partial charge in [0.15, 0.2) is 0 Å². The maximum atomic E-state index is 12.0. The molecule has 2 N–H and O–H groups in total. The van der Waals surface area contributed by atoms with E-state index in [9.17, 15) is 9.59 Å². The van der Waals surface area contributed by atoms with Crippen molar-refractivity contribution in [3.05, 3.63) is 34.3 Å². The molecule has 0 aromatic heterocycles. The quantitative estimate of drug-likeness (QED) is 0.867. The largest absolute Gasteiger partial charge is 0.343 e. The first-order valence-corrected chi connectivity index (χ1v) is 6.98. The Hall–Kier alpha value is -1.59. The minimum Gasteiger partial charge on any atom is -0.343 e. The Morgan fingerprint density at radius 2 is 2.05 bits per heavy atom. The summed E-state index contributed by atoms with van der Waals surface area (Å²) in [6.45, 7) is 4.86. The summed E-state index contributed by atoms with van der Waals surface area (Å²) < 4.78 is 0. The summed E-state index contributed by atoms with van der Waals surface area (Å²) in [6, 6.07) is 5.22. The van der Waals surface area contributed by atoms with Crippen LogP contribution in [0.2, 0.25) is 5.02 Å². The second-order valence-corrected chi connectivity index (χ2v) is 5.20. The van der Waals surface area contributed by atoms with Gasteiger partial charge in [0.1, 0.15) is 0 Å². The van der Waals surface area contributed by atoms with Crippen LogP contribution in [-0.2, 0) is 4.79 Å². The van der Waals surface area contributed by atoms with E-state index in [1.54, 1.807) is 17.0 Å². The first-order valence-electron chi connectivity index (χ1n) is 6.61. The molecule has 2 rings (SSSR count). The lowest BCUT2D eigenvalue weighted by Crippen LogP contribution is -2.49. The van der Waals surface area contributed by atoms with Crippen LogP contribution < -0.4 is 10.6 Å². The van der Waals surface area contributed by atoms with Crippen molar-refractivity contribution in [1.29, 1.82) is 0 Å². The number of carbonyl (C=O) groups is 2. The smallest absolute Gasteiger partial charge is 0.253 e. The van der Waals surface area contributed by atoms with Crippen molar-refractivity contribution < 1.29 is 9.59 Å². The molecule has 1 aliphatic rings. The number of hydrogen-bond acceptors (Lipinski definition) is 3. The van der Waals surface area contributed by atoms with Crippen LogP contribution in [0, 0.1) is 6.92 Å². The third-order valence-electron chi connectivity index (χ3n) is 3.24. The molecule has 1 aromatic carbocycles. The molecule has 0 atom stereocenters. The van der Waals surface area contributed by atoms with Crippen molar-refractivity contribution >= 4 is 23.4 Å². The van der Waals surface area contributed by atoms with Crippen LogP contribution in [0.25, 0.3) is 0 Å². The molecule has 1 heterocycles. The Morgan fingerprint density at radius 3 is 2.70 bits per heavy atom. The predicted molar refractivity (Wildman–Crippen MR) is 78.0 cm³/mol. The van der Waals surface area contributed by atoms with Crippen LogP contribution in [0.4, 0.5) is 0 Å². The molecule has 0 spiro atoms. The fourth-order valence-corrected chi connectivity index (χ4v) is 2.40. The van der Waals surface area contributed by atoms with Gasteiger partial charge in [-0.15, -0.1) is 0 Å². The van der Waals surface area contributed by atoms with Crippen LogP contribution in [0.1, 0.15) is 15.9 Å². The number of aryl methyl sites for hydroxylation is 1. The van der Waals surface area contributed by atoms with Gasteiger partial charge in [-0.1, -0.05) is 17.7 Å². The molecule has 6 heteroatoms. The number of piperazine rings is 1. The van der Waals surface area contributed by atoms with Gasteiger partial charge < -0.3 is 15.5 Å². The first kappa shape index (κ1) is 14.8. The molecular formula is C14H18ClN3O2. The summed E-state index contributed by atoms with van der Waals surface area (Å²) in [7, 11) is 0. The van der Waals surface area contributed by atoms with Crippen molar-refractivity contribution in [2.24, 2.45) is 0 Å². The van der Waals surface area contributed by atoms with Gasteiger partial charge in [-0.2, -0.15) is 0 Å². The predicted octanol–water partition coefficient (Wildman–Crippen LogP) is 0.810. The van der Waals surface area contributed by atoms with Crippen molar-refractivity contribution in [3.8, 4) is 0 Å². The lowest BCUT2D eigenvalue weighted by molar-refractivity contribution is -0.130. The molecule has 0 unspecified atom stereocenters. The molecule has 2 amide bonds. The van der Waals surface area contributed by atoms with Gasteiger partial charge in [0.25, 0.3) is 5.91 Å². The summed E-state index contributed by atoms with van der Waals surface area (Å²) in [5, 5.41) is 6.20. The van der Waals surface area contributed by atoms with Gasteiger partial charge in [0, 0.05) is 26.2 Å². The van der Waals surface area contributed by atoms with Crippen LogP contribution in [0.15, 0.2) is 18.2 Å². The monoisotopic (exact) mass is 295 g/mol. The summed E-state index contributed by atoms with van der Waals surface area (Å²) in [5.41, 5.74) is 1.38. The number of carbonyl (C=O) groups excluding carboxylic acids is 2. The number of amides is 2. The van der Waals surface area contributed by atoms with Gasteiger partial charge >= 0.3 is 0 Å². The van der Waals surface area contributed by atoms with E-state index in [1.165, 1.54) is 0 Å². The lowest BCUT2D eigenvalue weighted by Gasteiger charge is -2.27. The van der Waals surface area contributed by atoms with Crippen LogP contribution >= 0.6 is 11.6 Å². The fraction of sp³-hybridized carbons (Fsp3) is 0.429. The summed E-state index contributed by atoms with van der Waals surface area (Å²) in [4.78, 5) is 25.7. The highest BCUT2D eigenvalue weighted by Crippen LogP contribution is 2.17. The van der Waals surface area contributed by atoms with Crippen molar-refractivity contribution in [2.45, 2.75) is 6.92 Å². The van der Waals surface area contributed by atoms with Gasteiger partial charge in [0.05, 0.1) is 17.1 Å². The zero-order chi connectivity index (χ0) is 14.5. The average Bonchev–Trinajstić information content (AvgIpc) is 2.45. The Bertz CT molecular complexity index is 513. The number of rotatable bonds is 3. The third-order valence-corrected chi connectivity index (χ3v) is 3.55. The van der Waals surface area contributed by atoms with Gasteiger partial charge in [-0.25, -0.2) is 0 Å². The van der Waals surface area contributed by atoms with Crippen LogP contribution in [-0.4, -0.2) is 49.4 Å². The number of benzene rings is 1. The van der Waals surface area contributed by atoms with Crippen LogP contribution in [0.5, 0.6) is 0 Å². The number of halogens is 1. The maximum Gasteiger partial charge on any atom is 0.253 e. The molecule has 0 aliphatic carbocycles. The molecule has 1 fully saturated rings. The topological polar surface area (TPSA) is 61.4 Å². The van der Waals surface area contributed by atoms with Gasteiger partial charge in [0.2, 0.25) is 5.91 Å². The molecule has 1 aliphatic heterocycles. The van der Waals surface area contributed by atoms with E-state index in [4.69, 9.17) is 11.6 Å². The lowest BCUT2D eigenvalue weighted by atomic mass is 10.1. The van der Waals surface area contributed by atoms with Crippen molar-refractivity contribution in [3.63, 3.8) is 0 Å². The van der Waals surface area contributed by atoms with Crippen LogP contribution in [0.3, 0.4) is 0 Å². The van der Waals surface area contributed by atoms with E-state index < -0.39 is 0 Å². The fourth-order valence-electron chi connectivity index (χ4n) is 2.08. The SMILES string of the molecule is Cc1ccc(C(=O)NCC(=O)N2CCNCC2)c(Cl)c1. The Balaban J connectivity index is 1.89. The summed E-state index contributed by atoms with van der Waals surface area (Å²) in [6.07, 6.45) is 0. The molecular weight excluding hydrogens is 278 g/mol. The highest BCUT2D eigenvalue weighted by molar-refractivity contribution is 6.33. The number of nitrogens with zero attached hydrogens (tertiary/aromatic N) is 1. The Morgan fingerprint density at radius 1 is 1.35 bits per heavy atom. The second kappa shape index (κ2) is 6.72. The molecule has 5 nitrogen and oxygen atoms in total. The molecule has 0 saturated carbocycles. The van der Waals surface area contributed by atoms with E-state index in [0.717, 1.165) is 18.7 Å². The molecule has 1 aromatic rings. The Labute approximate surface area is 123 Å². The average molecular weight is 296 g/mol. The van der Waals surface area contributed by atoms with E-state index in [-0.39, 0.29) is 18.4 Å². The Kier molecular flexibility index (Phi) is 4.98. The second-order valence-electron chi connectivity index (χ2n) is 4.80. The van der Waals surface area contributed by atoms with E-state index in [1.807, 2.05) is 13.0 Å². The maximum absolute atomic E-state index is 12.0. The van der Waals surface area contributed by atoms with E-state index in [0.29, 0.717) is 23.7 Å². The zero-order valence-electron chi connectivity index (χ0n) is 11.4.